The highest BCUT2D eigenvalue weighted by Gasteiger charge is 2.52. The van der Waals surface area contributed by atoms with Crippen molar-refractivity contribution in [1.29, 1.82) is 0 Å². The SMILES string of the molecule is CCCCCCCCCC(=O)N[C@@H]1[C@H](Oc2c3cc4cc2Oc2ccc(cc2Cl)[C@@H](O[C@@H]2O[C@@H](CO)[C@@H](O)[C@H](O)[C@@H]2NC(C)=O)[C@@H]2NC(=O)[C@H](NC(=O)[C@@H]4NC(=O)[C@H]4NC(=O)[C@@H](Cc5ccc(c(Cl)c5)O3)NC(=O)[C@H](N)c3ccc(O)c(c3)Oc3cc(O)cc4c3)c3ccc(O)c(c3)-c3c(O[C@H]4O[C@H](CO)[C@@H](O)[C@@H](O)[C@@H]4O)cc(O)cc3[C@@H](C(=O)O)NC2=O)O[C@@H](CO)[C@@H](O)[C@@H]1O. The molecule has 0 saturated carbocycles. The largest absolute Gasteiger partial charge is 0.508 e. The van der Waals surface area contributed by atoms with Crippen LogP contribution in [0.5, 0.6) is 69.0 Å². The van der Waals surface area contributed by atoms with Crippen LogP contribution in [0.3, 0.4) is 0 Å². The number of carbonyl (C=O) groups is 9. The van der Waals surface area contributed by atoms with Gasteiger partial charge in [-0.1, -0.05) is 92.9 Å². The van der Waals surface area contributed by atoms with Gasteiger partial charge < -0.3 is 167 Å². The van der Waals surface area contributed by atoms with E-state index in [-0.39, 0.29) is 39.8 Å². The standard InChI is InChI=1S/C88H97Cl2N9O33/c1-3-4-5-6-7-8-9-10-60(108)94-68-74(113)71(110)58(32-101)129-87(68)132-78-55-26-40-27-56(78)126-52-18-14-38(24-47(52)90)77(131-86-67(92-34(2)103)73(112)70(109)57(31-100)128-86)69-84(121)98-66(85(122)123)45-29-42(105)30-54(127-88-76(115)75(114)72(111)59(33-102)130-88)61(45)44-23-37(13-15-49(44)106)63(81(118)99-69)96-83(120)65(40)97-82(119)64-39-21-41(104)28-43(22-39)124-53-25-36(12-16-50(53)107)62(91)80(117)93-48(79(116)95-64)20-35-11-17-51(125-55)46(89)19-35/h11-19,21-30,48,57-59,62-77,86-88,100-102,104-107,109-115H,3-10,20,31-33,91H2,1-2H3,(H,92,103)(H,93,117)(H,94,108)(H,95,116)(H,96,120)(H,97,119)(H,98,121)(H,99,118)(H,122,123)/t48-,57+,58+,59-,62-,63-,64+,65-,66+,67+,68+,69+,70-,71-,72-,73-,74-,75-,76+,77-,86+,87+,88+/m1/s1. The zero-order valence-corrected chi connectivity index (χ0v) is 71.6. The molecule has 0 aromatic heterocycles. The minimum atomic E-state index is -2.59. The number of nitrogens with two attached hydrogens (primary N) is 1. The molecule has 3 saturated heterocycles. The van der Waals surface area contributed by atoms with Crippen LogP contribution in [0.2, 0.25) is 10.0 Å². The van der Waals surface area contributed by atoms with Crippen LogP contribution in [0.4, 0.5) is 0 Å². The van der Waals surface area contributed by atoms with Crippen LogP contribution in [0, 0.1) is 0 Å². The number of unbranched alkanes of at least 4 members (excludes halogenated alkanes) is 6. The molecule has 706 valence electrons. The Morgan fingerprint density at radius 1 is 0.485 bits per heavy atom. The highest BCUT2D eigenvalue weighted by Crippen LogP contribution is 2.51. The number of rotatable bonds is 20. The van der Waals surface area contributed by atoms with E-state index in [1.807, 2.05) is 0 Å². The van der Waals surface area contributed by atoms with Crippen LogP contribution in [0.1, 0.15) is 140 Å². The number of fused-ring (bicyclic) bond motifs is 14. The van der Waals surface area contributed by atoms with Gasteiger partial charge in [0.05, 0.1) is 29.9 Å². The monoisotopic (exact) mass is 1880 g/mol. The topological polar surface area (TPSA) is 662 Å². The fraction of sp³-hybridized carbons (Fsp3) is 0.420. The molecule has 42 nitrogen and oxygen atoms in total. The van der Waals surface area contributed by atoms with Gasteiger partial charge in [-0.05, 0) is 119 Å². The highest BCUT2D eigenvalue weighted by molar-refractivity contribution is 6.32. The molecule has 7 aromatic carbocycles. The zero-order chi connectivity index (χ0) is 94.7. The maximum absolute atomic E-state index is 17.0. The van der Waals surface area contributed by atoms with Gasteiger partial charge >= 0.3 is 5.97 Å². The van der Waals surface area contributed by atoms with Crippen LogP contribution < -0.4 is 72.0 Å². The minimum absolute atomic E-state index is 0.0272. The van der Waals surface area contributed by atoms with Crippen LogP contribution >= 0.6 is 23.2 Å². The normalized spacial score (nSPS) is 28.9. The average Bonchev–Trinajstić information content (AvgIpc) is 0.757. The molecule has 0 spiro atoms. The molecule has 3 fully saturated rings. The molecular weight excluding hydrogens is 1780 g/mol. The van der Waals surface area contributed by atoms with Crippen molar-refractivity contribution in [2.24, 2.45) is 5.73 Å². The second kappa shape index (κ2) is 41.0. The van der Waals surface area contributed by atoms with Crippen LogP contribution in [-0.2, 0) is 68.5 Å². The number of halogens is 2. The molecule has 23 atom stereocenters. The Balaban J connectivity index is 1.04. The van der Waals surface area contributed by atoms with Gasteiger partial charge in [-0.2, -0.15) is 0 Å². The summed E-state index contributed by atoms with van der Waals surface area (Å²) in [5.74, 6) is -19.5. The second-order valence-electron chi connectivity index (χ2n) is 32.7. The Morgan fingerprint density at radius 2 is 1.03 bits per heavy atom. The lowest BCUT2D eigenvalue weighted by atomic mass is 9.89. The van der Waals surface area contributed by atoms with Gasteiger partial charge in [0, 0.05) is 48.6 Å². The number of carboxylic acid groups (broad SMARTS) is 1. The molecule has 9 aliphatic rings. The summed E-state index contributed by atoms with van der Waals surface area (Å²) >= 11 is 14.7. The Morgan fingerprint density at radius 3 is 1.66 bits per heavy atom. The van der Waals surface area contributed by atoms with Crippen molar-refractivity contribution in [3.8, 4) is 80.1 Å². The summed E-state index contributed by atoms with van der Waals surface area (Å²) in [6, 6.07) is 0.681. The number of aliphatic hydroxyl groups excluding tert-OH is 10. The third-order valence-electron chi connectivity index (χ3n) is 23.5. The predicted molar refractivity (Wildman–Crippen MR) is 453 cm³/mol. The molecule has 17 bridgehead atoms. The summed E-state index contributed by atoms with van der Waals surface area (Å²) in [6.45, 7) is -0.110. The van der Waals surface area contributed by atoms with Gasteiger partial charge in [-0.25, -0.2) is 4.79 Å². The van der Waals surface area contributed by atoms with Crippen molar-refractivity contribution in [3.63, 3.8) is 0 Å². The van der Waals surface area contributed by atoms with Crippen LogP contribution in [0.15, 0.2) is 115 Å². The van der Waals surface area contributed by atoms with Crippen molar-refractivity contribution in [2.75, 3.05) is 19.8 Å². The van der Waals surface area contributed by atoms with Gasteiger partial charge in [0.2, 0.25) is 65.6 Å². The van der Waals surface area contributed by atoms with Gasteiger partial charge in [0.25, 0.3) is 0 Å². The first-order chi connectivity index (χ1) is 63.0. The molecule has 0 aliphatic carbocycles. The molecule has 25 N–H and O–H groups in total. The summed E-state index contributed by atoms with van der Waals surface area (Å²) in [5.41, 5.74) is 2.79. The van der Waals surface area contributed by atoms with Gasteiger partial charge in [-0.3, -0.25) is 38.4 Å². The molecule has 44 heteroatoms. The first-order valence-corrected chi connectivity index (χ1v) is 42.9. The van der Waals surface area contributed by atoms with Crippen molar-refractivity contribution in [1.82, 2.24) is 42.5 Å². The second-order valence-corrected chi connectivity index (χ2v) is 33.5. The van der Waals surface area contributed by atoms with E-state index in [2.05, 4.69) is 49.5 Å². The predicted octanol–water partition coefficient (Wildman–Crippen LogP) is 1.16. The number of benzene rings is 7. The molecule has 0 radical (unpaired) electrons. The number of aliphatic carboxylic acids is 1. The number of hydrogen-bond acceptors (Lipinski definition) is 33. The highest BCUT2D eigenvalue weighted by atomic mass is 35.5. The third-order valence-corrected chi connectivity index (χ3v) is 24.0. The summed E-state index contributed by atoms with van der Waals surface area (Å²) in [6.07, 6.45) is -23.8. The lowest BCUT2D eigenvalue weighted by molar-refractivity contribution is -0.284. The summed E-state index contributed by atoms with van der Waals surface area (Å²) in [7, 11) is 0. The van der Waals surface area contributed by atoms with E-state index in [9.17, 15) is 95.8 Å². The van der Waals surface area contributed by atoms with E-state index in [1.165, 1.54) is 30.3 Å². The number of phenolic OH excluding ortho intramolecular Hbond substituents is 4. The van der Waals surface area contributed by atoms with Gasteiger partial charge in [0.15, 0.2) is 35.3 Å². The molecule has 16 rings (SSSR count). The van der Waals surface area contributed by atoms with Crippen LogP contribution in [-0.4, -0.2) is 254 Å². The number of phenols is 4. The number of amides is 8. The summed E-state index contributed by atoms with van der Waals surface area (Å²) < 4.78 is 57.5. The minimum Gasteiger partial charge on any atom is -0.508 e. The van der Waals surface area contributed by atoms with Gasteiger partial charge in [-0.15, -0.1) is 0 Å². The molecule has 7 aromatic rings. The fourth-order valence-corrected chi connectivity index (χ4v) is 17.0. The van der Waals surface area contributed by atoms with Crippen molar-refractivity contribution in [2.45, 2.75) is 212 Å². The van der Waals surface area contributed by atoms with E-state index in [0.717, 1.165) is 124 Å². The number of aromatic hydroxyl groups is 4. The van der Waals surface area contributed by atoms with E-state index in [1.54, 1.807) is 0 Å². The van der Waals surface area contributed by atoms with Crippen molar-refractivity contribution < 1.29 is 162 Å². The lowest BCUT2D eigenvalue weighted by Gasteiger charge is -2.44. The summed E-state index contributed by atoms with van der Waals surface area (Å²) in [5, 5.41) is 190. The molecule has 8 amide bonds. The number of carbonyl (C=O) groups excluding carboxylic acids is 8. The van der Waals surface area contributed by atoms with E-state index in [4.69, 9.17) is 71.6 Å². The molecular formula is C88H97Cl2N9O33. The van der Waals surface area contributed by atoms with Crippen molar-refractivity contribution in [3.05, 3.63) is 164 Å². The van der Waals surface area contributed by atoms with Gasteiger partial charge in [0.1, 0.15) is 156 Å². The smallest absolute Gasteiger partial charge is 0.330 e. The molecule has 0 unspecified atom stereocenters. The lowest BCUT2D eigenvalue weighted by Crippen LogP contribution is -2.65. The maximum Gasteiger partial charge on any atom is 0.330 e. The first kappa shape index (κ1) is 96.0. The number of aliphatic hydroxyl groups is 10. The van der Waals surface area contributed by atoms with E-state index < -0.39 is 316 Å². The first-order valence-electron chi connectivity index (χ1n) is 42.1. The Labute approximate surface area is 759 Å². The average molecular weight is 1880 g/mol. The van der Waals surface area contributed by atoms with E-state index >= 15 is 24.0 Å². The quantitative estimate of drug-likeness (QED) is 0.0476. The Hall–Kier alpha value is -12.1. The summed E-state index contributed by atoms with van der Waals surface area (Å²) in [4.78, 5) is 138. The van der Waals surface area contributed by atoms with Crippen molar-refractivity contribution >= 4 is 76.4 Å². The number of ether oxygens (including phenoxy) is 9. The fourth-order valence-electron chi connectivity index (χ4n) is 16.5. The third kappa shape index (κ3) is 20.7. The molecule has 9 heterocycles. The van der Waals surface area contributed by atoms with Crippen LogP contribution in [0.25, 0.3) is 11.1 Å². The Kier molecular flexibility index (Phi) is 29.8. The molecule has 9 aliphatic heterocycles. The van der Waals surface area contributed by atoms with E-state index in [0.29, 0.717) is 12.8 Å². The zero-order valence-electron chi connectivity index (χ0n) is 70.1. The Bertz CT molecular complexity index is 5540. The maximum atomic E-state index is 17.0. The molecule has 132 heavy (non-hydrogen) atoms. The number of hydrogen-bond donors (Lipinski definition) is 24. The number of carboxylic acids is 1. The number of nitrogens with one attached hydrogen (secondary N) is 8.